The van der Waals surface area contributed by atoms with Crippen molar-refractivity contribution in [1.29, 1.82) is 0 Å². The topological polar surface area (TPSA) is 45.5 Å². The predicted molar refractivity (Wildman–Crippen MR) is 66.3 cm³/mol. The van der Waals surface area contributed by atoms with Gasteiger partial charge in [-0.3, -0.25) is 4.79 Å². The third kappa shape index (κ3) is 3.01. The molecule has 0 saturated carbocycles. The molecule has 1 unspecified atom stereocenters. The first-order chi connectivity index (χ1) is 8.18. The Morgan fingerprint density at radius 3 is 3.12 bits per heavy atom. The summed E-state index contributed by atoms with van der Waals surface area (Å²) < 4.78 is 4.93. The molecule has 1 aromatic rings. The molecule has 0 radical (unpaired) electrons. The van der Waals surface area contributed by atoms with Crippen molar-refractivity contribution in [3.8, 4) is 0 Å². The van der Waals surface area contributed by atoms with Gasteiger partial charge in [-0.2, -0.15) is 0 Å². The van der Waals surface area contributed by atoms with Crippen LogP contribution in [0, 0.1) is 5.92 Å². The fourth-order valence-corrected chi connectivity index (χ4v) is 2.40. The normalized spacial score (nSPS) is 20.2. The zero-order chi connectivity index (χ0) is 12.3. The molecule has 1 N–H and O–H groups in total. The van der Waals surface area contributed by atoms with Gasteiger partial charge in [0.1, 0.15) is 0 Å². The zero-order valence-corrected chi connectivity index (χ0v) is 10.7. The van der Waals surface area contributed by atoms with Gasteiger partial charge in [-0.1, -0.05) is 0 Å². The highest BCUT2D eigenvalue weighted by Gasteiger charge is 2.21. The molecule has 2 rings (SSSR count). The maximum Gasteiger partial charge on any atom is 0.258 e. The van der Waals surface area contributed by atoms with Crippen molar-refractivity contribution in [2.24, 2.45) is 5.92 Å². The summed E-state index contributed by atoms with van der Waals surface area (Å²) in [7, 11) is 1.81. The van der Waals surface area contributed by atoms with Crippen LogP contribution < -0.4 is 5.32 Å². The summed E-state index contributed by atoms with van der Waals surface area (Å²) in [5.74, 6) is 0.456. The van der Waals surface area contributed by atoms with Crippen molar-refractivity contribution in [1.82, 2.24) is 10.2 Å². The number of rotatable bonds is 3. The monoisotopic (exact) mass is 256 g/mol. The SMILES string of the molecule is CN(CC1CCCNC1)C(=O)c1ccoc1Cl. The molecule has 17 heavy (non-hydrogen) atoms. The van der Waals surface area contributed by atoms with Gasteiger partial charge in [0, 0.05) is 13.6 Å². The third-order valence-corrected chi connectivity index (χ3v) is 3.42. The van der Waals surface area contributed by atoms with E-state index in [0.29, 0.717) is 11.5 Å². The Morgan fingerprint density at radius 1 is 1.71 bits per heavy atom. The third-order valence-electron chi connectivity index (χ3n) is 3.13. The van der Waals surface area contributed by atoms with Crippen molar-refractivity contribution in [3.63, 3.8) is 0 Å². The molecule has 0 aliphatic carbocycles. The number of carbonyl (C=O) groups is 1. The average molecular weight is 257 g/mol. The van der Waals surface area contributed by atoms with Crippen molar-refractivity contribution in [3.05, 3.63) is 23.1 Å². The first-order valence-corrected chi connectivity index (χ1v) is 6.25. The summed E-state index contributed by atoms with van der Waals surface area (Å²) in [4.78, 5) is 13.8. The van der Waals surface area contributed by atoms with Crippen LogP contribution in [0.1, 0.15) is 23.2 Å². The van der Waals surface area contributed by atoms with Gasteiger partial charge in [-0.05, 0) is 49.5 Å². The molecule has 5 heteroatoms. The number of nitrogens with one attached hydrogen (secondary N) is 1. The van der Waals surface area contributed by atoms with Crippen LogP contribution in [0.4, 0.5) is 0 Å². The Kier molecular flexibility index (Phi) is 4.07. The van der Waals surface area contributed by atoms with Gasteiger partial charge in [0.25, 0.3) is 5.91 Å². The van der Waals surface area contributed by atoms with Crippen LogP contribution in [-0.4, -0.2) is 37.5 Å². The number of hydrogen-bond acceptors (Lipinski definition) is 3. The van der Waals surface area contributed by atoms with Crippen molar-refractivity contribution in [2.75, 3.05) is 26.7 Å². The molecule has 0 aromatic carbocycles. The standard InChI is InChI=1S/C12H17ClN2O2/c1-15(8-9-3-2-5-14-7-9)12(16)10-4-6-17-11(10)13/h4,6,9,14H,2-3,5,7-8H2,1H3. The fourth-order valence-electron chi connectivity index (χ4n) is 2.20. The maximum atomic E-state index is 12.1. The summed E-state index contributed by atoms with van der Waals surface area (Å²) in [6.07, 6.45) is 3.79. The Morgan fingerprint density at radius 2 is 2.53 bits per heavy atom. The molecule has 94 valence electrons. The number of piperidine rings is 1. The van der Waals surface area contributed by atoms with Gasteiger partial charge in [0.15, 0.2) is 0 Å². The molecule has 4 nitrogen and oxygen atoms in total. The number of amides is 1. The van der Waals surface area contributed by atoms with Crippen LogP contribution in [-0.2, 0) is 0 Å². The molecule has 2 heterocycles. The van der Waals surface area contributed by atoms with E-state index in [9.17, 15) is 4.79 Å². The predicted octanol–water partition coefficient (Wildman–Crippen LogP) is 2.00. The lowest BCUT2D eigenvalue weighted by molar-refractivity contribution is 0.0764. The zero-order valence-electron chi connectivity index (χ0n) is 9.91. The van der Waals surface area contributed by atoms with Gasteiger partial charge in [0.05, 0.1) is 11.8 Å². The number of halogens is 1. The van der Waals surface area contributed by atoms with Gasteiger partial charge in [-0.25, -0.2) is 0 Å². The highest BCUT2D eigenvalue weighted by Crippen LogP contribution is 2.19. The number of furan rings is 1. The number of carbonyl (C=O) groups excluding carboxylic acids is 1. The minimum atomic E-state index is -0.0747. The molecule has 1 aliphatic heterocycles. The lowest BCUT2D eigenvalue weighted by Crippen LogP contribution is -2.39. The van der Waals surface area contributed by atoms with E-state index in [1.807, 2.05) is 0 Å². The van der Waals surface area contributed by atoms with E-state index in [2.05, 4.69) is 5.32 Å². The van der Waals surface area contributed by atoms with Crippen molar-refractivity contribution >= 4 is 17.5 Å². The van der Waals surface area contributed by atoms with Crippen LogP contribution in [0.15, 0.2) is 16.7 Å². The summed E-state index contributed by atoms with van der Waals surface area (Å²) in [6, 6.07) is 1.61. The molecule has 1 saturated heterocycles. The first kappa shape index (κ1) is 12.5. The molecule has 1 aromatic heterocycles. The van der Waals surface area contributed by atoms with E-state index in [1.54, 1.807) is 18.0 Å². The minimum absolute atomic E-state index is 0.0747. The van der Waals surface area contributed by atoms with E-state index in [0.717, 1.165) is 19.6 Å². The molecule has 1 amide bonds. The number of hydrogen-bond donors (Lipinski definition) is 1. The molecule has 0 spiro atoms. The number of nitrogens with zero attached hydrogens (tertiary/aromatic N) is 1. The Labute approximate surface area is 106 Å². The summed E-state index contributed by atoms with van der Waals surface area (Å²) in [5.41, 5.74) is 0.443. The summed E-state index contributed by atoms with van der Waals surface area (Å²) in [5, 5.41) is 3.51. The molecule has 1 fully saturated rings. The Hall–Kier alpha value is -1.00. The van der Waals surface area contributed by atoms with Crippen LogP contribution in [0.5, 0.6) is 0 Å². The van der Waals surface area contributed by atoms with E-state index >= 15 is 0 Å². The minimum Gasteiger partial charge on any atom is -0.452 e. The lowest BCUT2D eigenvalue weighted by Gasteiger charge is -2.27. The smallest absolute Gasteiger partial charge is 0.258 e. The first-order valence-electron chi connectivity index (χ1n) is 5.87. The van der Waals surface area contributed by atoms with E-state index in [-0.39, 0.29) is 11.1 Å². The van der Waals surface area contributed by atoms with Crippen LogP contribution in [0.3, 0.4) is 0 Å². The highest BCUT2D eigenvalue weighted by atomic mass is 35.5. The quantitative estimate of drug-likeness (QED) is 0.900. The van der Waals surface area contributed by atoms with Crippen LogP contribution >= 0.6 is 11.6 Å². The van der Waals surface area contributed by atoms with Crippen LogP contribution in [0.2, 0.25) is 5.22 Å². The molecule has 1 atom stereocenters. The van der Waals surface area contributed by atoms with Crippen molar-refractivity contribution < 1.29 is 9.21 Å². The highest BCUT2D eigenvalue weighted by molar-refractivity contribution is 6.32. The lowest BCUT2D eigenvalue weighted by atomic mass is 9.99. The molecule has 0 bridgehead atoms. The molecule has 1 aliphatic rings. The van der Waals surface area contributed by atoms with Crippen molar-refractivity contribution in [2.45, 2.75) is 12.8 Å². The second-order valence-electron chi connectivity index (χ2n) is 4.51. The Bertz CT molecular complexity index is 386. The fraction of sp³-hybridized carbons (Fsp3) is 0.583. The van der Waals surface area contributed by atoms with E-state index < -0.39 is 0 Å². The molecular formula is C12H17ClN2O2. The van der Waals surface area contributed by atoms with E-state index in [1.165, 1.54) is 19.1 Å². The maximum absolute atomic E-state index is 12.1. The van der Waals surface area contributed by atoms with Gasteiger partial charge < -0.3 is 14.6 Å². The second kappa shape index (κ2) is 5.56. The van der Waals surface area contributed by atoms with Gasteiger partial charge >= 0.3 is 0 Å². The summed E-state index contributed by atoms with van der Waals surface area (Å²) in [6.45, 7) is 2.83. The van der Waals surface area contributed by atoms with Gasteiger partial charge in [-0.15, -0.1) is 0 Å². The van der Waals surface area contributed by atoms with Crippen LogP contribution in [0.25, 0.3) is 0 Å². The largest absolute Gasteiger partial charge is 0.452 e. The second-order valence-corrected chi connectivity index (χ2v) is 4.85. The molecular weight excluding hydrogens is 240 g/mol. The van der Waals surface area contributed by atoms with E-state index in [4.69, 9.17) is 16.0 Å². The average Bonchev–Trinajstić information content (AvgIpc) is 2.76. The Balaban J connectivity index is 1.93. The summed E-state index contributed by atoms with van der Waals surface area (Å²) >= 11 is 5.79. The van der Waals surface area contributed by atoms with Gasteiger partial charge in [0.2, 0.25) is 5.22 Å².